The molecule has 4 aromatic rings. The maximum atomic E-state index is 14.7. The lowest BCUT2D eigenvalue weighted by Gasteiger charge is -2.28. The normalized spacial score (nSPS) is 24.6. The zero-order valence-corrected chi connectivity index (χ0v) is 18.7. The van der Waals surface area contributed by atoms with Crippen molar-refractivity contribution in [3.8, 4) is 0 Å². The molecule has 0 radical (unpaired) electrons. The number of aryl methyl sites for hydroxylation is 1. The van der Waals surface area contributed by atoms with E-state index in [1.165, 1.54) is 18.5 Å². The van der Waals surface area contributed by atoms with E-state index in [9.17, 15) is 14.6 Å². The second-order valence-electron chi connectivity index (χ2n) is 9.08. The number of hydrogen-bond acceptors (Lipinski definition) is 7. The third kappa shape index (κ3) is 3.83. The summed E-state index contributed by atoms with van der Waals surface area (Å²) < 4.78 is 16.5. The molecular formula is C24H28ClFN6O2. The van der Waals surface area contributed by atoms with Crippen molar-refractivity contribution in [2.45, 2.75) is 51.9 Å². The fourth-order valence-electron chi connectivity index (χ4n) is 4.96. The first-order valence-electron chi connectivity index (χ1n) is 10.7. The molecule has 1 aliphatic rings. The van der Waals surface area contributed by atoms with Crippen molar-refractivity contribution in [1.29, 1.82) is 0 Å². The SMILES string of the molecule is C.C[C@]1(CCc2cc(F)c3cc(Cl)c(N)nc3c2)C[C@@H](n2ccc3c(N)ncnc32)[C@H](O)[C@@H]1O. The van der Waals surface area contributed by atoms with Gasteiger partial charge < -0.3 is 26.2 Å². The van der Waals surface area contributed by atoms with Gasteiger partial charge in [0.25, 0.3) is 0 Å². The summed E-state index contributed by atoms with van der Waals surface area (Å²) in [4.78, 5) is 12.5. The second-order valence-corrected chi connectivity index (χ2v) is 9.49. The molecule has 10 heteroatoms. The number of nitrogens with zero attached hydrogens (tertiary/aromatic N) is 4. The highest BCUT2D eigenvalue weighted by Gasteiger charge is 2.50. The Morgan fingerprint density at radius 2 is 1.94 bits per heavy atom. The minimum Gasteiger partial charge on any atom is -0.390 e. The second kappa shape index (κ2) is 8.65. The summed E-state index contributed by atoms with van der Waals surface area (Å²) >= 11 is 5.97. The van der Waals surface area contributed by atoms with E-state index in [4.69, 9.17) is 23.1 Å². The Labute approximate surface area is 201 Å². The quantitative estimate of drug-likeness (QED) is 0.343. The van der Waals surface area contributed by atoms with E-state index in [0.717, 1.165) is 5.56 Å². The first-order valence-corrected chi connectivity index (χ1v) is 11.0. The fourth-order valence-corrected chi connectivity index (χ4v) is 5.12. The van der Waals surface area contributed by atoms with Gasteiger partial charge in [-0.25, -0.2) is 19.3 Å². The number of fused-ring (bicyclic) bond motifs is 2. The number of nitrogens with two attached hydrogens (primary N) is 2. The van der Waals surface area contributed by atoms with Crippen LogP contribution in [0.15, 0.2) is 36.8 Å². The maximum absolute atomic E-state index is 14.7. The van der Waals surface area contributed by atoms with E-state index in [1.54, 1.807) is 6.07 Å². The Morgan fingerprint density at radius 3 is 2.71 bits per heavy atom. The van der Waals surface area contributed by atoms with Crippen LogP contribution < -0.4 is 11.5 Å². The average Bonchev–Trinajstić information content (AvgIpc) is 3.30. The number of benzene rings is 1. The third-order valence-electron chi connectivity index (χ3n) is 6.91. The molecule has 180 valence electrons. The lowest BCUT2D eigenvalue weighted by Crippen LogP contribution is -2.35. The summed E-state index contributed by atoms with van der Waals surface area (Å²) in [6.45, 7) is 1.93. The molecule has 0 spiro atoms. The lowest BCUT2D eigenvalue weighted by molar-refractivity contribution is -0.0241. The molecule has 0 bridgehead atoms. The van der Waals surface area contributed by atoms with Gasteiger partial charge in [-0.15, -0.1) is 0 Å². The number of halogens is 2. The number of pyridine rings is 1. The highest BCUT2D eigenvalue weighted by Crippen LogP contribution is 2.48. The van der Waals surface area contributed by atoms with Crippen LogP contribution >= 0.6 is 11.6 Å². The first-order chi connectivity index (χ1) is 15.7. The maximum Gasteiger partial charge on any atom is 0.145 e. The van der Waals surface area contributed by atoms with Crippen LogP contribution in [0.1, 0.15) is 38.8 Å². The van der Waals surface area contributed by atoms with Gasteiger partial charge in [0.2, 0.25) is 0 Å². The van der Waals surface area contributed by atoms with E-state index >= 15 is 0 Å². The zero-order valence-electron chi connectivity index (χ0n) is 17.9. The van der Waals surface area contributed by atoms with Crippen LogP contribution in [-0.4, -0.2) is 41.9 Å². The molecule has 3 heterocycles. The van der Waals surface area contributed by atoms with E-state index in [0.29, 0.717) is 47.0 Å². The van der Waals surface area contributed by atoms with Crippen LogP contribution in [0.3, 0.4) is 0 Å². The number of hydrogen-bond donors (Lipinski definition) is 4. The Balaban J connectivity index is 0.00000274. The van der Waals surface area contributed by atoms with Gasteiger partial charge in [0.15, 0.2) is 0 Å². The van der Waals surface area contributed by atoms with Gasteiger partial charge in [-0.2, -0.15) is 0 Å². The molecule has 1 fully saturated rings. The van der Waals surface area contributed by atoms with Crippen molar-refractivity contribution in [3.63, 3.8) is 0 Å². The fraction of sp³-hybridized carbons (Fsp3) is 0.375. The van der Waals surface area contributed by atoms with Crippen LogP contribution in [0.4, 0.5) is 16.0 Å². The van der Waals surface area contributed by atoms with Gasteiger partial charge in [0.05, 0.1) is 28.1 Å². The van der Waals surface area contributed by atoms with E-state index < -0.39 is 23.4 Å². The van der Waals surface area contributed by atoms with Crippen LogP contribution in [0.5, 0.6) is 0 Å². The average molecular weight is 487 g/mol. The molecule has 34 heavy (non-hydrogen) atoms. The topological polar surface area (TPSA) is 136 Å². The van der Waals surface area contributed by atoms with Gasteiger partial charge in [0, 0.05) is 11.6 Å². The highest BCUT2D eigenvalue weighted by atomic mass is 35.5. The van der Waals surface area contributed by atoms with Gasteiger partial charge in [-0.05, 0) is 54.5 Å². The van der Waals surface area contributed by atoms with Crippen LogP contribution in [0.25, 0.3) is 21.9 Å². The predicted octanol–water partition coefficient (Wildman–Crippen LogP) is 3.88. The zero-order chi connectivity index (χ0) is 23.5. The Morgan fingerprint density at radius 1 is 1.18 bits per heavy atom. The molecule has 3 aromatic heterocycles. The van der Waals surface area contributed by atoms with Crippen molar-refractivity contribution in [2.75, 3.05) is 11.5 Å². The third-order valence-corrected chi connectivity index (χ3v) is 7.22. The van der Waals surface area contributed by atoms with Gasteiger partial charge in [-0.1, -0.05) is 26.0 Å². The van der Waals surface area contributed by atoms with E-state index in [1.807, 2.05) is 23.8 Å². The number of aromatic nitrogens is 4. The number of anilines is 2. The summed E-state index contributed by atoms with van der Waals surface area (Å²) in [5, 5.41) is 23.1. The molecule has 5 rings (SSSR count). The molecule has 0 amide bonds. The Bertz CT molecular complexity index is 1380. The monoisotopic (exact) mass is 486 g/mol. The van der Waals surface area contributed by atoms with Crippen LogP contribution in [0.2, 0.25) is 5.02 Å². The molecule has 0 unspecified atom stereocenters. The molecule has 1 aromatic carbocycles. The van der Waals surface area contributed by atoms with Crippen LogP contribution in [0, 0.1) is 11.2 Å². The Kier molecular flexibility index (Phi) is 6.14. The van der Waals surface area contributed by atoms with Crippen molar-refractivity contribution < 1.29 is 14.6 Å². The molecule has 1 aliphatic carbocycles. The minimum absolute atomic E-state index is 0. The highest BCUT2D eigenvalue weighted by molar-refractivity contribution is 6.33. The molecule has 0 saturated heterocycles. The number of aliphatic hydroxyl groups excluding tert-OH is 2. The van der Waals surface area contributed by atoms with Crippen molar-refractivity contribution in [1.82, 2.24) is 19.5 Å². The summed E-state index contributed by atoms with van der Waals surface area (Å²) in [7, 11) is 0. The number of rotatable bonds is 4. The molecule has 1 saturated carbocycles. The Hall–Kier alpha value is -3.01. The van der Waals surface area contributed by atoms with Gasteiger partial charge in [-0.3, -0.25) is 0 Å². The number of nitrogen functional groups attached to an aromatic ring is 2. The first kappa shape index (κ1) is 24.1. The summed E-state index contributed by atoms with van der Waals surface area (Å²) in [5.74, 6) is 0.0830. The minimum atomic E-state index is -0.987. The predicted molar refractivity (Wildman–Crippen MR) is 132 cm³/mol. The van der Waals surface area contributed by atoms with Gasteiger partial charge >= 0.3 is 0 Å². The molecular weight excluding hydrogens is 459 g/mol. The summed E-state index contributed by atoms with van der Waals surface area (Å²) in [5.41, 5.74) is 12.9. The van der Waals surface area contributed by atoms with Crippen molar-refractivity contribution >= 4 is 45.2 Å². The van der Waals surface area contributed by atoms with Crippen molar-refractivity contribution in [3.05, 3.63) is 53.2 Å². The lowest BCUT2D eigenvalue weighted by atomic mass is 9.80. The van der Waals surface area contributed by atoms with Gasteiger partial charge in [0.1, 0.15) is 35.5 Å². The van der Waals surface area contributed by atoms with E-state index in [2.05, 4.69) is 15.0 Å². The number of aliphatic hydroxyl groups is 2. The standard InChI is InChI=1S/C23H24ClFN6O2.CH4/c1-23(4-2-11-6-15(25)13-8-14(24)21(27)30-16(13)7-11)9-17(18(32)19(23)33)31-5-3-12-20(26)28-10-29-22(12)31;/h3,5-8,10,17-19,32-33H,2,4,9H2,1H3,(H2,27,30)(H2,26,28,29);1H4/t17-,18+,19+,23+;/m1./s1. The molecule has 6 N–H and O–H groups in total. The smallest absolute Gasteiger partial charge is 0.145 e. The molecule has 4 atom stereocenters. The molecule has 0 aliphatic heterocycles. The summed E-state index contributed by atoms with van der Waals surface area (Å²) in [6.07, 6.45) is 2.78. The largest absolute Gasteiger partial charge is 0.390 e. The molecule has 8 nitrogen and oxygen atoms in total. The van der Waals surface area contributed by atoms with Crippen molar-refractivity contribution in [2.24, 2.45) is 5.41 Å². The van der Waals surface area contributed by atoms with E-state index in [-0.39, 0.29) is 24.3 Å². The summed E-state index contributed by atoms with van der Waals surface area (Å²) in [6, 6.07) is 6.13. The van der Waals surface area contributed by atoms with Crippen LogP contribution in [-0.2, 0) is 6.42 Å².